The minimum Gasteiger partial charge on any atom is -0.493 e. The summed E-state index contributed by atoms with van der Waals surface area (Å²) in [5, 5.41) is 3.73. The number of rotatable bonds is 6. The highest BCUT2D eigenvalue weighted by Gasteiger charge is 2.37. The molecule has 1 aromatic carbocycles. The molecule has 2 aliphatic rings. The highest BCUT2D eigenvalue weighted by Crippen LogP contribution is 2.43. The fourth-order valence-corrected chi connectivity index (χ4v) is 3.41. The average Bonchev–Trinajstić information content (AvgIpc) is 3.21. The zero-order chi connectivity index (χ0) is 14.0. The van der Waals surface area contributed by atoms with Crippen LogP contribution in [0.1, 0.15) is 44.1 Å². The van der Waals surface area contributed by atoms with Crippen LogP contribution in [0, 0.1) is 0 Å². The van der Waals surface area contributed by atoms with Crippen molar-refractivity contribution in [2.75, 3.05) is 20.8 Å². The molecule has 1 N–H and O–H groups in total. The third-order valence-electron chi connectivity index (χ3n) is 4.86. The zero-order valence-electron chi connectivity index (χ0n) is 12.6. The van der Waals surface area contributed by atoms with E-state index >= 15 is 0 Å². The standard InChI is InChI=1S/C17H25NO2/c1-19-15-8-5-13(11-16(15)20-2)17(9-3-4-10-17)12-18-14-6-7-14/h5,8,11,14,18H,3-4,6-7,9-10,12H2,1-2H3. The van der Waals surface area contributed by atoms with Gasteiger partial charge >= 0.3 is 0 Å². The van der Waals surface area contributed by atoms with Crippen LogP contribution in [-0.2, 0) is 5.41 Å². The van der Waals surface area contributed by atoms with Crippen LogP contribution in [0.5, 0.6) is 11.5 Å². The molecule has 0 heterocycles. The Hall–Kier alpha value is -1.22. The lowest BCUT2D eigenvalue weighted by Gasteiger charge is -2.31. The first-order valence-electron chi connectivity index (χ1n) is 7.73. The van der Waals surface area contributed by atoms with Gasteiger partial charge in [-0.3, -0.25) is 0 Å². The summed E-state index contributed by atoms with van der Waals surface area (Å²) in [6.45, 7) is 1.10. The van der Waals surface area contributed by atoms with Crippen LogP contribution >= 0.6 is 0 Å². The molecule has 0 radical (unpaired) electrons. The normalized spacial score (nSPS) is 20.9. The smallest absolute Gasteiger partial charge is 0.161 e. The van der Waals surface area contributed by atoms with Gasteiger partial charge in [-0.1, -0.05) is 18.9 Å². The van der Waals surface area contributed by atoms with Gasteiger partial charge in [0.2, 0.25) is 0 Å². The maximum absolute atomic E-state index is 5.47. The van der Waals surface area contributed by atoms with Gasteiger partial charge in [0.1, 0.15) is 0 Å². The summed E-state index contributed by atoms with van der Waals surface area (Å²) >= 11 is 0. The molecule has 0 aliphatic heterocycles. The van der Waals surface area contributed by atoms with E-state index in [0.29, 0.717) is 5.41 Å². The molecular formula is C17H25NO2. The third-order valence-corrected chi connectivity index (χ3v) is 4.86. The summed E-state index contributed by atoms with van der Waals surface area (Å²) in [4.78, 5) is 0. The van der Waals surface area contributed by atoms with E-state index in [1.54, 1.807) is 14.2 Å². The Bertz CT molecular complexity index is 462. The number of hydrogen-bond donors (Lipinski definition) is 1. The first kappa shape index (κ1) is 13.7. The van der Waals surface area contributed by atoms with Gasteiger partial charge in [-0.15, -0.1) is 0 Å². The summed E-state index contributed by atoms with van der Waals surface area (Å²) in [7, 11) is 3.41. The summed E-state index contributed by atoms with van der Waals surface area (Å²) in [5.41, 5.74) is 1.70. The van der Waals surface area contributed by atoms with Crippen LogP contribution in [0.15, 0.2) is 18.2 Å². The molecule has 1 aromatic rings. The molecule has 110 valence electrons. The number of ether oxygens (including phenoxy) is 2. The average molecular weight is 275 g/mol. The van der Waals surface area contributed by atoms with Crippen LogP contribution in [0.25, 0.3) is 0 Å². The van der Waals surface area contributed by atoms with Gasteiger partial charge in [0.25, 0.3) is 0 Å². The molecule has 0 amide bonds. The quantitative estimate of drug-likeness (QED) is 0.864. The first-order chi connectivity index (χ1) is 9.77. The molecule has 2 saturated carbocycles. The Morgan fingerprint density at radius 1 is 1.10 bits per heavy atom. The molecule has 0 spiro atoms. The molecule has 0 atom stereocenters. The minimum absolute atomic E-state index is 0.294. The van der Waals surface area contributed by atoms with E-state index in [-0.39, 0.29) is 0 Å². The van der Waals surface area contributed by atoms with Crippen LogP contribution in [0.4, 0.5) is 0 Å². The highest BCUT2D eigenvalue weighted by atomic mass is 16.5. The van der Waals surface area contributed by atoms with Crippen molar-refractivity contribution in [2.45, 2.75) is 50.0 Å². The van der Waals surface area contributed by atoms with Gasteiger partial charge < -0.3 is 14.8 Å². The van der Waals surface area contributed by atoms with Crippen LogP contribution in [-0.4, -0.2) is 26.8 Å². The maximum atomic E-state index is 5.47. The molecule has 0 saturated heterocycles. The molecule has 3 rings (SSSR count). The van der Waals surface area contributed by atoms with Crippen molar-refractivity contribution < 1.29 is 9.47 Å². The lowest BCUT2D eigenvalue weighted by Crippen LogP contribution is -2.37. The van der Waals surface area contributed by atoms with E-state index < -0.39 is 0 Å². The summed E-state index contributed by atoms with van der Waals surface area (Å²) < 4.78 is 10.8. The number of methoxy groups -OCH3 is 2. The second-order valence-electron chi connectivity index (χ2n) is 6.21. The Morgan fingerprint density at radius 3 is 2.40 bits per heavy atom. The summed E-state index contributed by atoms with van der Waals surface area (Å²) in [6.07, 6.45) is 7.93. The molecule has 0 bridgehead atoms. The molecule has 3 heteroatoms. The Kier molecular flexibility index (Phi) is 3.88. The van der Waals surface area contributed by atoms with E-state index in [2.05, 4.69) is 17.4 Å². The minimum atomic E-state index is 0.294. The van der Waals surface area contributed by atoms with E-state index in [4.69, 9.17) is 9.47 Å². The number of hydrogen-bond acceptors (Lipinski definition) is 3. The maximum Gasteiger partial charge on any atom is 0.161 e. The van der Waals surface area contributed by atoms with Gasteiger partial charge in [-0.2, -0.15) is 0 Å². The zero-order valence-corrected chi connectivity index (χ0v) is 12.6. The van der Waals surface area contributed by atoms with Crippen LogP contribution < -0.4 is 14.8 Å². The topological polar surface area (TPSA) is 30.5 Å². The van der Waals surface area contributed by atoms with Crippen molar-refractivity contribution in [2.24, 2.45) is 0 Å². The molecule has 2 aliphatic carbocycles. The fourth-order valence-electron chi connectivity index (χ4n) is 3.41. The largest absolute Gasteiger partial charge is 0.493 e. The Morgan fingerprint density at radius 2 is 1.80 bits per heavy atom. The van der Waals surface area contributed by atoms with Crippen molar-refractivity contribution in [3.8, 4) is 11.5 Å². The molecule has 0 unspecified atom stereocenters. The monoisotopic (exact) mass is 275 g/mol. The van der Waals surface area contributed by atoms with Gasteiger partial charge in [-0.05, 0) is 43.4 Å². The Labute approximate surface area is 121 Å². The lowest BCUT2D eigenvalue weighted by molar-refractivity contribution is 0.350. The van der Waals surface area contributed by atoms with Gasteiger partial charge in [0.15, 0.2) is 11.5 Å². The van der Waals surface area contributed by atoms with Gasteiger partial charge in [-0.25, -0.2) is 0 Å². The van der Waals surface area contributed by atoms with Crippen molar-refractivity contribution in [1.82, 2.24) is 5.32 Å². The van der Waals surface area contributed by atoms with Crippen molar-refractivity contribution >= 4 is 0 Å². The van der Waals surface area contributed by atoms with E-state index in [1.165, 1.54) is 44.1 Å². The van der Waals surface area contributed by atoms with E-state index in [0.717, 1.165) is 24.1 Å². The molecule has 2 fully saturated rings. The van der Waals surface area contributed by atoms with E-state index in [1.807, 2.05) is 6.07 Å². The highest BCUT2D eigenvalue weighted by molar-refractivity contribution is 5.45. The SMILES string of the molecule is COc1ccc(C2(CNC3CC3)CCCC2)cc1OC. The van der Waals surface area contributed by atoms with Crippen LogP contribution in [0.3, 0.4) is 0 Å². The summed E-state index contributed by atoms with van der Waals surface area (Å²) in [6, 6.07) is 7.22. The predicted octanol–water partition coefficient (Wildman–Crippen LogP) is 3.27. The van der Waals surface area contributed by atoms with Crippen molar-refractivity contribution in [1.29, 1.82) is 0 Å². The third kappa shape index (κ3) is 2.64. The second kappa shape index (κ2) is 5.65. The molecule has 0 aromatic heterocycles. The summed E-state index contributed by atoms with van der Waals surface area (Å²) in [5.74, 6) is 1.67. The van der Waals surface area contributed by atoms with Gasteiger partial charge in [0.05, 0.1) is 14.2 Å². The fraction of sp³-hybridized carbons (Fsp3) is 0.647. The van der Waals surface area contributed by atoms with Crippen molar-refractivity contribution in [3.63, 3.8) is 0 Å². The Balaban J connectivity index is 1.85. The van der Waals surface area contributed by atoms with E-state index in [9.17, 15) is 0 Å². The number of nitrogens with one attached hydrogen (secondary N) is 1. The van der Waals surface area contributed by atoms with Crippen molar-refractivity contribution in [3.05, 3.63) is 23.8 Å². The number of benzene rings is 1. The predicted molar refractivity (Wildman–Crippen MR) is 80.7 cm³/mol. The first-order valence-corrected chi connectivity index (χ1v) is 7.73. The van der Waals surface area contributed by atoms with Gasteiger partial charge in [0, 0.05) is 18.0 Å². The van der Waals surface area contributed by atoms with Crippen LogP contribution in [0.2, 0.25) is 0 Å². The molecule has 3 nitrogen and oxygen atoms in total. The lowest BCUT2D eigenvalue weighted by atomic mass is 9.78. The second-order valence-corrected chi connectivity index (χ2v) is 6.21. The molecule has 20 heavy (non-hydrogen) atoms. The molecular weight excluding hydrogens is 250 g/mol.